The standard InChI is InChI=1S/C10H15OP.CHF3O3S/c1-10(2,3)11-8-6-4-5-7-9(8)12;2-1(3,4)8(5,6)7/h4-7H,12H2,1-3H3;(H,5,6,7). The third-order valence-corrected chi connectivity index (χ3v) is 2.82. The van der Waals surface area contributed by atoms with Crippen molar-refractivity contribution in [3.8, 4) is 5.75 Å². The van der Waals surface area contributed by atoms with Crippen molar-refractivity contribution >= 4 is 24.7 Å². The zero-order valence-electron chi connectivity index (χ0n) is 11.2. The summed E-state index contributed by atoms with van der Waals surface area (Å²) in [5.74, 6) is 0.989. The highest BCUT2D eigenvalue weighted by Gasteiger charge is 2.36. The predicted molar refractivity (Wildman–Crippen MR) is 73.3 cm³/mol. The molecule has 1 aromatic carbocycles. The van der Waals surface area contributed by atoms with Gasteiger partial charge in [0.05, 0.1) is 0 Å². The molecule has 1 aromatic rings. The maximum atomic E-state index is 10.7. The summed E-state index contributed by atoms with van der Waals surface area (Å²) in [6.07, 6.45) is 0. The van der Waals surface area contributed by atoms with Crippen LogP contribution in [-0.4, -0.2) is 24.1 Å². The minimum absolute atomic E-state index is 0.101. The first kappa shape index (κ1) is 19.1. The van der Waals surface area contributed by atoms with Crippen LogP contribution < -0.4 is 10.0 Å². The first-order chi connectivity index (χ1) is 8.74. The van der Waals surface area contributed by atoms with Crippen LogP contribution in [0, 0.1) is 0 Å². The number of alkyl halides is 3. The molecule has 0 aliphatic carbocycles. The van der Waals surface area contributed by atoms with Crippen LogP contribution in [-0.2, 0) is 10.1 Å². The fourth-order valence-corrected chi connectivity index (χ4v) is 1.26. The van der Waals surface area contributed by atoms with E-state index in [1.54, 1.807) is 0 Å². The highest BCUT2D eigenvalue weighted by atomic mass is 32.2. The summed E-state index contributed by atoms with van der Waals surface area (Å²) in [5.41, 5.74) is -5.75. The van der Waals surface area contributed by atoms with Crippen LogP contribution in [0.2, 0.25) is 0 Å². The van der Waals surface area contributed by atoms with Crippen LogP contribution in [0.5, 0.6) is 5.75 Å². The van der Waals surface area contributed by atoms with E-state index >= 15 is 0 Å². The second-order valence-corrected chi connectivity index (χ2v) is 6.85. The molecule has 0 heterocycles. The molecule has 0 N–H and O–H groups in total. The summed E-state index contributed by atoms with van der Waals surface area (Å²) in [6, 6.07) is 8.10. The van der Waals surface area contributed by atoms with Gasteiger partial charge in [-0.25, -0.2) is 8.42 Å². The Morgan fingerprint density at radius 2 is 1.55 bits per heavy atom. The van der Waals surface area contributed by atoms with Gasteiger partial charge in [0.2, 0.25) is 0 Å². The predicted octanol–water partition coefficient (Wildman–Crippen LogP) is 2.15. The number of halogens is 3. The molecular weight excluding hydrogens is 316 g/mol. The Morgan fingerprint density at radius 3 is 1.85 bits per heavy atom. The highest BCUT2D eigenvalue weighted by Crippen LogP contribution is 2.20. The Morgan fingerprint density at radius 1 is 1.15 bits per heavy atom. The molecule has 0 aliphatic heterocycles. The normalized spacial score (nSPS) is 12.6. The van der Waals surface area contributed by atoms with Crippen molar-refractivity contribution in [2.45, 2.75) is 31.9 Å². The van der Waals surface area contributed by atoms with Gasteiger partial charge in [-0.05, 0) is 32.9 Å². The average Bonchev–Trinajstić information content (AvgIpc) is 2.17. The van der Waals surface area contributed by atoms with E-state index in [0.29, 0.717) is 0 Å². The molecule has 1 atom stereocenters. The molecule has 0 aliphatic rings. The van der Waals surface area contributed by atoms with Gasteiger partial charge in [0.1, 0.15) is 10.9 Å². The van der Waals surface area contributed by atoms with Crippen LogP contribution in [0.15, 0.2) is 24.3 Å². The maximum Gasteiger partial charge on any atom is 0.485 e. The molecule has 0 saturated carbocycles. The molecule has 0 aromatic heterocycles. The van der Waals surface area contributed by atoms with E-state index in [1.165, 1.54) is 5.30 Å². The topological polar surface area (TPSA) is 66.4 Å². The molecule has 0 amide bonds. The molecule has 20 heavy (non-hydrogen) atoms. The van der Waals surface area contributed by atoms with Crippen molar-refractivity contribution in [2.24, 2.45) is 0 Å². The van der Waals surface area contributed by atoms with Gasteiger partial charge in [-0.15, -0.1) is 0 Å². The van der Waals surface area contributed by atoms with Crippen LogP contribution >= 0.6 is 9.24 Å². The average molecular weight is 332 g/mol. The number of benzene rings is 1. The summed E-state index contributed by atoms with van der Waals surface area (Å²) in [4.78, 5) is 0. The van der Waals surface area contributed by atoms with Crippen LogP contribution in [0.1, 0.15) is 20.8 Å². The van der Waals surface area contributed by atoms with Gasteiger partial charge in [0.25, 0.3) is 0 Å². The van der Waals surface area contributed by atoms with Crippen LogP contribution in [0.3, 0.4) is 0 Å². The van der Waals surface area contributed by atoms with E-state index in [-0.39, 0.29) is 5.60 Å². The first-order valence-electron chi connectivity index (χ1n) is 5.36. The Kier molecular flexibility index (Phi) is 6.45. The van der Waals surface area contributed by atoms with Crippen molar-refractivity contribution in [2.75, 3.05) is 0 Å². The summed E-state index contributed by atoms with van der Waals surface area (Å²) in [7, 11) is -4.24. The largest absolute Gasteiger partial charge is 0.741 e. The van der Waals surface area contributed by atoms with Gasteiger partial charge in [-0.1, -0.05) is 12.1 Å². The van der Waals surface area contributed by atoms with Gasteiger partial charge in [0.15, 0.2) is 15.9 Å². The Hall–Kier alpha value is -0.850. The van der Waals surface area contributed by atoms with E-state index in [9.17, 15) is 13.2 Å². The van der Waals surface area contributed by atoms with Gasteiger partial charge in [-0.3, -0.25) is 0 Å². The minimum atomic E-state index is -6.09. The van der Waals surface area contributed by atoms with Crippen molar-refractivity contribution in [1.82, 2.24) is 0 Å². The van der Waals surface area contributed by atoms with E-state index in [2.05, 4.69) is 26.8 Å². The second-order valence-electron chi connectivity index (χ2n) is 4.72. The lowest BCUT2D eigenvalue weighted by Crippen LogP contribution is -2.24. The summed E-state index contributed by atoms with van der Waals surface area (Å²) < 4.78 is 64.6. The Labute approximate surface area is 118 Å². The van der Waals surface area contributed by atoms with Crippen molar-refractivity contribution in [3.63, 3.8) is 0 Å². The van der Waals surface area contributed by atoms with Crippen molar-refractivity contribution in [3.05, 3.63) is 24.3 Å². The van der Waals surface area contributed by atoms with Gasteiger partial charge in [-0.2, -0.15) is 13.2 Å². The molecule has 0 saturated heterocycles. The van der Waals surface area contributed by atoms with Crippen LogP contribution in [0.25, 0.3) is 0 Å². The molecule has 9 heteroatoms. The summed E-state index contributed by atoms with van der Waals surface area (Å²) in [6.45, 7) is 6.17. The van der Waals surface area contributed by atoms with Crippen LogP contribution in [0.4, 0.5) is 13.2 Å². The number of ether oxygens (including phenoxy) is 1. The lowest BCUT2D eigenvalue weighted by Gasteiger charge is -2.21. The summed E-state index contributed by atoms with van der Waals surface area (Å²) in [5, 5.41) is 1.22. The molecule has 0 bridgehead atoms. The lowest BCUT2D eigenvalue weighted by atomic mass is 10.2. The van der Waals surface area contributed by atoms with Gasteiger partial charge >= 0.3 is 5.51 Å². The number of para-hydroxylation sites is 1. The second kappa shape index (κ2) is 6.74. The smallest absolute Gasteiger partial charge is 0.485 e. The molecule has 4 nitrogen and oxygen atoms in total. The van der Waals surface area contributed by atoms with E-state index in [4.69, 9.17) is 17.7 Å². The lowest BCUT2D eigenvalue weighted by molar-refractivity contribution is -0.0517. The van der Waals surface area contributed by atoms with E-state index in [0.717, 1.165) is 5.75 Å². The van der Waals surface area contributed by atoms with Crippen molar-refractivity contribution in [1.29, 1.82) is 0 Å². The number of hydrogen-bond donors (Lipinski definition) is 0. The monoisotopic (exact) mass is 332 g/mol. The molecule has 1 unspecified atom stereocenters. The quantitative estimate of drug-likeness (QED) is 0.449. The molecular formula is C11H16F3O4PS. The van der Waals surface area contributed by atoms with Gasteiger partial charge in [0, 0.05) is 9.24 Å². The van der Waals surface area contributed by atoms with Crippen molar-refractivity contribution < 1.29 is 30.9 Å². The zero-order chi connectivity index (χ0) is 16.2. The Balaban J connectivity index is 0.000000396. The molecule has 0 fully saturated rings. The fourth-order valence-electron chi connectivity index (χ4n) is 0.933. The van der Waals surface area contributed by atoms with E-state index < -0.39 is 15.6 Å². The SMILES string of the molecule is CC(C)(C)Oc1ccccc1[PH3+].O=S(=O)([O-])C(F)(F)F. The number of hydrogen-bond acceptors (Lipinski definition) is 4. The fraction of sp³-hybridized carbons (Fsp3) is 0.455. The minimum Gasteiger partial charge on any atom is -0.741 e. The maximum absolute atomic E-state index is 10.7. The third-order valence-electron chi connectivity index (χ3n) is 1.67. The highest BCUT2D eigenvalue weighted by molar-refractivity contribution is 7.86. The third kappa shape index (κ3) is 7.67. The summed E-state index contributed by atoms with van der Waals surface area (Å²) >= 11 is 0. The zero-order valence-corrected chi connectivity index (χ0v) is 13.4. The molecule has 0 spiro atoms. The van der Waals surface area contributed by atoms with E-state index in [1.807, 2.05) is 27.4 Å². The number of rotatable bonds is 1. The first-order valence-corrected chi connectivity index (χ1v) is 7.48. The van der Waals surface area contributed by atoms with Gasteiger partial charge < -0.3 is 9.29 Å². The molecule has 0 radical (unpaired) electrons. The molecule has 116 valence electrons. The Bertz CT molecular complexity index is 535. The molecule has 1 rings (SSSR count).